The number of rotatable bonds is 1. The second-order valence-corrected chi connectivity index (χ2v) is 4.04. The Labute approximate surface area is 89.5 Å². The van der Waals surface area contributed by atoms with E-state index >= 15 is 0 Å². The fraction of sp³-hybridized carbons (Fsp3) is 0.375. The molecule has 0 atom stereocenters. The molecular weight excluding hydrogens is 246 g/mol. The summed E-state index contributed by atoms with van der Waals surface area (Å²) < 4.78 is 2.51. The van der Waals surface area contributed by atoms with Crippen molar-refractivity contribution >= 4 is 32.8 Å². The van der Waals surface area contributed by atoms with Crippen LogP contribution in [0.4, 0.5) is 5.82 Å². The fourth-order valence-corrected chi connectivity index (χ4v) is 1.86. The summed E-state index contributed by atoms with van der Waals surface area (Å²) in [7, 11) is 0. The van der Waals surface area contributed by atoms with Gasteiger partial charge in [0.15, 0.2) is 5.65 Å². The zero-order valence-electron chi connectivity index (χ0n) is 7.90. The standard InChI is InChI=1S/C8H10BrN5/c1-4(2)14-8-5(6(9)13-14)7(10)11-3-12-8/h3-4H,1-2H3,(H2,10,11,12). The molecule has 14 heavy (non-hydrogen) atoms. The molecule has 0 saturated heterocycles. The van der Waals surface area contributed by atoms with Crippen LogP contribution in [0.25, 0.3) is 11.0 Å². The third-order valence-corrected chi connectivity index (χ3v) is 2.52. The van der Waals surface area contributed by atoms with Crippen molar-refractivity contribution in [3.8, 4) is 0 Å². The monoisotopic (exact) mass is 255 g/mol. The highest BCUT2D eigenvalue weighted by molar-refractivity contribution is 9.10. The van der Waals surface area contributed by atoms with E-state index in [4.69, 9.17) is 5.73 Å². The van der Waals surface area contributed by atoms with Crippen molar-refractivity contribution in [2.75, 3.05) is 5.73 Å². The van der Waals surface area contributed by atoms with Crippen molar-refractivity contribution in [1.29, 1.82) is 0 Å². The first-order chi connectivity index (χ1) is 6.61. The molecule has 2 heterocycles. The maximum absolute atomic E-state index is 5.74. The molecule has 5 nitrogen and oxygen atoms in total. The zero-order chi connectivity index (χ0) is 10.3. The van der Waals surface area contributed by atoms with Gasteiger partial charge in [-0.3, -0.25) is 0 Å². The molecular formula is C8H10BrN5. The van der Waals surface area contributed by atoms with Crippen LogP contribution in [0.2, 0.25) is 0 Å². The van der Waals surface area contributed by atoms with Crippen LogP contribution in [-0.4, -0.2) is 19.7 Å². The number of fused-ring (bicyclic) bond motifs is 1. The lowest BCUT2D eigenvalue weighted by Crippen LogP contribution is -2.03. The summed E-state index contributed by atoms with van der Waals surface area (Å²) >= 11 is 3.34. The van der Waals surface area contributed by atoms with Gasteiger partial charge in [-0.1, -0.05) is 0 Å². The summed E-state index contributed by atoms with van der Waals surface area (Å²) in [6.45, 7) is 4.08. The van der Waals surface area contributed by atoms with Crippen molar-refractivity contribution in [2.45, 2.75) is 19.9 Å². The maximum Gasteiger partial charge on any atom is 0.164 e. The van der Waals surface area contributed by atoms with Gasteiger partial charge < -0.3 is 5.73 Å². The molecule has 0 aliphatic carbocycles. The number of nitrogen functional groups attached to an aromatic ring is 1. The Morgan fingerprint density at radius 3 is 2.79 bits per heavy atom. The van der Waals surface area contributed by atoms with Crippen LogP contribution in [0, 0.1) is 0 Å². The Balaban J connectivity index is 2.84. The van der Waals surface area contributed by atoms with Crippen molar-refractivity contribution in [3.63, 3.8) is 0 Å². The van der Waals surface area contributed by atoms with E-state index in [1.54, 1.807) is 0 Å². The number of anilines is 1. The lowest BCUT2D eigenvalue weighted by atomic mass is 10.3. The number of hydrogen-bond donors (Lipinski definition) is 1. The Kier molecular flexibility index (Phi) is 2.14. The van der Waals surface area contributed by atoms with E-state index in [9.17, 15) is 0 Å². The molecule has 0 aliphatic rings. The Hall–Kier alpha value is -1.17. The molecule has 0 fully saturated rings. The molecule has 0 radical (unpaired) electrons. The normalized spacial score (nSPS) is 11.4. The lowest BCUT2D eigenvalue weighted by Gasteiger charge is -2.05. The maximum atomic E-state index is 5.74. The minimum atomic E-state index is 0.248. The summed E-state index contributed by atoms with van der Waals surface area (Å²) in [4.78, 5) is 8.09. The Morgan fingerprint density at radius 2 is 2.14 bits per heavy atom. The topological polar surface area (TPSA) is 69.6 Å². The Morgan fingerprint density at radius 1 is 1.43 bits per heavy atom. The molecule has 0 unspecified atom stereocenters. The highest BCUT2D eigenvalue weighted by Gasteiger charge is 2.14. The molecule has 6 heteroatoms. The minimum absolute atomic E-state index is 0.248. The molecule has 0 bridgehead atoms. The highest BCUT2D eigenvalue weighted by Crippen LogP contribution is 2.27. The first-order valence-electron chi connectivity index (χ1n) is 4.25. The molecule has 0 spiro atoms. The number of halogens is 1. The van der Waals surface area contributed by atoms with E-state index < -0.39 is 0 Å². The predicted molar refractivity (Wildman–Crippen MR) is 57.8 cm³/mol. The second-order valence-electron chi connectivity index (χ2n) is 3.29. The van der Waals surface area contributed by atoms with Crippen molar-refractivity contribution in [1.82, 2.24) is 19.7 Å². The van der Waals surface area contributed by atoms with E-state index in [-0.39, 0.29) is 6.04 Å². The first kappa shape index (κ1) is 9.39. The molecule has 0 aliphatic heterocycles. The van der Waals surface area contributed by atoms with Gasteiger partial charge in [0.2, 0.25) is 0 Å². The largest absolute Gasteiger partial charge is 0.383 e. The average molecular weight is 256 g/mol. The second kappa shape index (κ2) is 3.20. The average Bonchev–Trinajstić information content (AvgIpc) is 2.45. The van der Waals surface area contributed by atoms with E-state index in [1.807, 2.05) is 18.5 Å². The van der Waals surface area contributed by atoms with E-state index in [2.05, 4.69) is 31.0 Å². The summed E-state index contributed by atoms with van der Waals surface area (Å²) in [6.07, 6.45) is 1.45. The summed E-state index contributed by atoms with van der Waals surface area (Å²) in [6, 6.07) is 0.248. The van der Waals surface area contributed by atoms with Gasteiger partial charge >= 0.3 is 0 Å². The van der Waals surface area contributed by atoms with E-state index in [0.29, 0.717) is 10.4 Å². The van der Waals surface area contributed by atoms with Gasteiger partial charge in [0.1, 0.15) is 16.7 Å². The van der Waals surface area contributed by atoms with Crippen LogP contribution in [0.1, 0.15) is 19.9 Å². The Bertz CT molecular complexity index is 476. The van der Waals surface area contributed by atoms with Gasteiger partial charge in [-0.2, -0.15) is 5.10 Å². The molecule has 2 aromatic heterocycles. The zero-order valence-corrected chi connectivity index (χ0v) is 9.48. The molecule has 2 aromatic rings. The van der Waals surface area contributed by atoms with Crippen LogP contribution in [0.15, 0.2) is 10.9 Å². The first-order valence-corrected chi connectivity index (χ1v) is 5.04. The summed E-state index contributed by atoms with van der Waals surface area (Å²) in [5, 5.41) is 5.08. The van der Waals surface area contributed by atoms with Gasteiger partial charge in [-0.05, 0) is 29.8 Å². The number of aromatic nitrogens is 4. The van der Waals surface area contributed by atoms with Crippen molar-refractivity contribution < 1.29 is 0 Å². The highest BCUT2D eigenvalue weighted by atomic mass is 79.9. The lowest BCUT2D eigenvalue weighted by molar-refractivity contribution is 0.543. The molecule has 0 saturated carbocycles. The summed E-state index contributed by atoms with van der Waals surface area (Å²) in [5.41, 5.74) is 6.50. The van der Waals surface area contributed by atoms with Crippen LogP contribution >= 0.6 is 15.9 Å². The van der Waals surface area contributed by atoms with Crippen molar-refractivity contribution in [3.05, 3.63) is 10.9 Å². The molecule has 2 N–H and O–H groups in total. The number of hydrogen-bond acceptors (Lipinski definition) is 4. The quantitative estimate of drug-likeness (QED) is 0.843. The van der Waals surface area contributed by atoms with Gasteiger partial charge in [-0.25, -0.2) is 14.6 Å². The third kappa shape index (κ3) is 1.26. The van der Waals surface area contributed by atoms with Gasteiger partial charge in [0.05, 0.1) is 5.39 Å². The molecule has 2 rings (SSSR count). The van der Waals surface area contributed by atoms with Crippen LogP contribution in [0.5, 0.6) is 0 Å². The minimum Gasteiger partial charge on any atom is -0.383 e. The predicted octanol–water partition coefficient (Wildman–Crippen LogP) is 1.75. The van der Waals surface area contributed by atoms with Gasteiger partial charge in [0, 0.05) is 6.04 Å². The van der Waals surface area contributed by atoms with Crippen molar-refractivity contribution in [2.24, 2.45) is 0 Å². The van der Waals surface area contributed by atoms with E-state index in [1.165, 1.54) is 6.33 Å². The summed E-state index contributed by atoms with van der Waals surface area (Å²) in [5.74, 6) is 0.453. The van der Waals surface area contributed by atoms with Crippen LogP contribution in [-0.2, 0) is 0 Å². The molecule has 0 amide bonds. The fourth-order valence-electron chi connectivity index (χ4n) is 1.31. The molecule has 74 valence electrons. The third-order valence-electron chi connectivity index (χ3n) is 1.96. The van der Waals surface area contributed by atoms with Crippen LogP contribution < -0.4 is 5.73 Å². The van der Waals surface area contributed by atoms with Gasteiger partial charge in [-0.15, -0.1) is 0 Å². The van der Waals surface area contributed by atoms with E-state index in [0.717, 1.165) is 11.0 Å². The smallest absolute Gasteiger partial charge is 0.164 e. The van der Waals surface area contributed by atoms with Crippen LogP contribution in [0.3, 0.4) is 0 Å². The SMILES string of the molecule is CC(C)n1nc(Br)c2c(N)ncnc21. The molecule has 0 aromatic carbocycles. The number of nitrogens with two attached hydrogens (primary N) is 1. The van der Waals surface area contributed by atoms with Gasteiger partial charge in [0.25, 0.3) is 0 Å². The number of nitrogens with zero attached hydrogens (tertiary/aromatic N) is 4.